The van der Waals surface area contributed by atoms with E-state index in [2.05, 4.69) is 19.2 Å². The minimum atomic E-state index is -0.606. The van der Waals surface area contributed by atoms with Gasteiger partial charge >= 0.3 is 5.97 Å². The van der Waals surface area contributed by atoms with Crippen LogP contribution in [0, 0.1) is 0 Å². The lowest BCUT2D eigenvalue weighted by Crippen LogP contribution is -2.22. The van der Waals surface area contributed by atoms with E-state index in [4.69, 9.17) is 9.47 Å². The summed E-state index contributed by atoms with van der Waals surface area (Å²) in [6.07, 6.45) is 0. The first-order valence-electron chi connectivity index (χ1n) is 9.86. The van der Waals surface area contributed by atoms with Crippen molar-refractivity contribution in [2.45, 2.75) is 26.4 Å². The largest absolute Gasteiger partial charge is 0.488 e. The molecule has 0 atom stereocenters. The zero-order valence-electron chi connectivity index (χ0n) is 17.1. The third-order valence-corrected chi connectivity index (χ3v) is 4.54. The van der Waals surface area contributed by atoms with Crippen LogP contribution in [0.2, 0.25) is 0 Å². The smallest absolute Gasteiger partial charge is 0.342 e. The summed E-state index contributed by atoms with van der Waals surface area (Å²) >= 11 is 0. The SMILES string of the molecule is CC(C)c1ccccc1NC(=O)COC(=O)c1ccccc1OCc1ccccc1. The van der Waals surface area contributed by atoms with E-state index < -0.39 is 5.97 Å². The fourth-order valence-corrected chi connectivity index (χ4v) is 3.01. The van der Waals surface area contributed by atoms with Gasteiger partial charge in [-0.2, -0.15) is 0 Å². The van der Waals surface area contributed by atoms with Crippen molar-refractivity contribution in [2.24, 2.45) is 0 Å². The molecule has 0 heterocycles. The van der Waals surface area contributed by atoms with Crippen LogP contribution in [-0.4, -0.2) is 18.5 Å². The number of para-hydroxylation sites is 2. The Bertz CT molecular complexity index is 999. The van der Waals surface area contributed by atoms with Gasteiger partial charge in [-0.3, -0.25) is 4.79 Å². The van der Waals surface area contributed by atoms with Crippen LogP contribution in [-0.2, 0) is 16.1 Å². The summed E-state index contributed by atoms with van der Waals surface area (Å²) in [4.78, 5) is 24.8. The van der Waals surface area contributed by atoms with Gasteiger partial charge in [0.25, 0.3) is 5.91 Å². The Hall–Kier alpha value is -3.60. The molecular formula is C25H25NO4. The highest BCUT2D eigenvalue weighted by atomic mass is 16.5. The number of benzene rings is 3. The molecule has 3 rings (SSSR count). The van der Waals surface area contributed by atoms with Crippen LogP contribution in [0.25, 0.3) is 0 Å². The number of carbonyl (C=O) groups excluding carboxylic acids is 2. The Balaban J connectivity index is 1.59. The number of rotatable bonds is 8. The van der Waals surface area contributed by atoms with E-state index in [-0.39, 0.29) is 24.0 Å². The van der Waals surface area contributed by atoms with Gasteiger partial charge in [0.2, 0.25) is 0 Å². The summed E-state index contributed by atoms with van der Waals surface area (Å²) in [6, 6.07) is 24.1. The number of anilines is 1. The molecule has 5 heteroatoms. The number of nitrogens with one attached hydrogen (secondary N) is 1. The van der Waals surface area contributed by atoms with Crippen molar-refractivity contribution in [1.29, 1.82) is 0 Å². The van der Waals surface area contributed by atoms with Gasteiger partial charge in [-0.05, 0) is 35.2 Å². The van der Waals surface area contributed by atoms with Crippen LogP contribution < -0.4 is 10.1 Å². The molecule has 154 valence electrons. The fraction of sp³-hybridized carbons (Fsp3) is 0.200. The van der Waals surface area contributed by atoms with Crippen molar-refractivity contribution in [3.05, 3.63) is 95.6 Å². The number of amides is 1. The lowest BCUT2D eigenvalue weighted by atomic mass is 10.0. The van der Waals surface area contributed by atoms with E-state index in [9.17, 15) is 9.59 Å². The second-order valence-electron chi connectivity index (χ2n) is 7.14. The minimum Gasteiger partial charge on any atom is -0.488 e. The molecule has 1 N–H and O–H groups in total. The van der Waals surface area contributed by atoms with Crippen molar-refractivity contribution in [3.63, 3.8) is 0 Å². The standard InChI is InChI=1S/C25H25NO4/c1-18(2)20-12-6-8-14-22(20)26-24(27)17-30-25(28)21-13-7-9-15-23(21)29-16-19-10-4-3-5-11-19/h3-15,18H,16-17H2,1-2H3,(H,26,27). The van der Waals surface area contributed by atoms with Crippen LogP contribution in [0.1, 0.15) is 41.3 Å². The highest BCUT2D eigenvalue weighted by Gasteiger charge is 2.16. The van der Waals surface area contributed by atoms with Gasteiger partial charge in [0.15, 0.2) is 6.61 Å². The van der Waals surface area contributed by atoms with Crippen LogP contribution in [0.4, 0.5) is 5.69 Å². The molecule has 1 amide bonds. The highest BCUT2D eigenvalue weighted by molar-refractivity contribution is 5.97. The van der Waals surface area contributed by atoms with Gasteiger partial charge in [-0.1, -0.05) is 74.5 Å². The Morgan fingerprint density at radius 1 is 0.867 bits per heavy atom. The maximum atomic E-state index is 12.5. The van der Waals surface area contributed by atoms with Crippen molar-refractivity contribution < 1.29 is 19.1 Å². The lowest BCUT2D eigenvalue weighted by Gasteiger charge is -2.14. The number of esters is 1. The molecule has 3 aromatic carbocycles. The van der Waals surface area contributed by atoms with Crippen LogP contribution in [0.5, 0.6) is 5.75 Å². The van der Waals surface area contributed by atoms with E-state index >= 15 is 0 Å². The molecule has 0 saturated carbocycles. The monoisotopic (exact) mass is 403 g/mol. The maximum absolute atomic E-state index is 12.5. The third-order valence-electron chi connectivity index (χ3n) is 4.54. The summed E-state index contributed by atoms with van der Waals surface area (Å²) in [7, 11) is 0. The average Bonchev–Trinajstić information content (AvgIpc) is 2.77. The molecule has 0 unspecified atom stereocenters. The molecule has 3 aromatic rings. The van der Waals surface area contributed by atoms with Crippen molar-refractivity contribution >= 4 is 17.6 Å². The second-order valence-corrected chi connectivity index (χ2v) is 7.14. The van der Waals surface area contributed by atoms with E-state index in [0.717, 1.165) is 16.8 Å². The van der Waals surface area contributed by atoms with E-state index in [0.29, 0.717) is 12.4 Å². The lowest BCUT2D eigenvalue weighted by molar-refractivity contribution is -0.119. The molecule has 0 aliphatic carbocycles. The zero-order valence-corrected chi connectivity index (χ0v) is 17.1. The van der Waals surface area contributed by atoms with Crippen LogP contribution in [0.15, 0.2) is 78.9 Å². The topological polar surface area (TPSA) is 64.6 Å². The molecule has 0 spiro atoms. The number of carbonyl (C=O) groups is 2. The molecule has 30 heavy (non-hydrogen) atoms. The molecule has 0 radical (unpaired) electrons. The van der Waals surface area contributed by atoms with Crippen molar-refractivity contribution in [2.75, 3.05) is 11.9 Å². The Kier molecular flexibility index (Phi) is 7.22. The summed E-state index contributed by atoms with van der Waals surface area (Å²) < 4.78 is 11.0. The Morgan fingerprint density at radius 2 is 1.53 bits per heavy atom. The summed E-state index contributed by atoms with van der Waals surface area (Å²) in [5.41, 5.74) is 3.02. The van der Waals surface area contributed by atoms with E-state index in [1.165, 1.54) is 0 Å². The Labute approximate surface area is 176 Å². The van der Waals surface area contributed by atoms with Gasteiger partial charge in [0.1, 0.15) is 17.9 Å². The van der Waals surface area contributed by atoms with E-state index in [1.54, 1.807) is 24.3 Å². The maximum Gasteiger partial charge on any atom is 0.342 e. The first-order chi connectivity index (χ1) is 14.5. The molecule has 0 fully saturated rings. The van der Waals surface area contributed by atoms with Gasteiger partial charge in [-0.25, -0.2) is 4.79 Å². The number of hydrogen-bond acceptors (Lipinski definition) is 4. The molecule has 0 bridgehead atoms. The molecular weight excluding hydrogens is 378 g/mol. The first kappa shape index (κ1) is 21.1. The molecule has 0 aliphatic heterocycles. The van der Waals surface area contributed by atoms with Gasteiger partial charge < -0.3 is 14.8 Å². The van der Waals surface area contributed by atoms with Crippen LogP contribution in [0.3, 0.4) is 0 Å². The number of ether oxygens (including phenoxy) is 2. The average molecular weight is 403 g/mol. The molecule has 0 saturated heterocycles. The Morgan fingerprint density at radius 3 is 2.30 bits per heavy atom. The number of hydrogen-bond donors (Lipinski definition) is 1. The summed E-state index contributed by atoms with van der Waals surface area (Å²) in [6.45, 7) is 4.06. The van der Waals surface area contributed by atoms with Gasteiger partial charge in [0, 0.05) is 5.69 Å². The predicted molar refractivity (Wildman–Crippen MR) is 117 cm³/mol. The van der Waals surface area contributed by atoms with Crippen molar-refractivity contribution in [1.82, 2.24) is 0 Å². The van der Waals surface area contributed by atoms with Crippen molar-refractivity contribution in [3.8, 4) is 5.75 Å². The summed E-state index contributed by atoms with van der Waals surface area (Å²) in [5.74, 6) is -0.320. The molecule has 0 aromatic heterocycles. The van der Waals surface area contributed by atoms with Gasteiger partial charge in [0.05, 0.1) is 0 Å². The summed E-state index contributed by atoms with van der Waals surface area (Å²) in [5, 5.41) is 2.81. The highest BCUT2D eigenvalue weighted by Crippen LogP contribution is 2.24. The molecule has 0 aliphatic rings. The quantitative estimate of drug-likeness (QED) is 0.526. The zero-order chi connectivity index (χ0) is 21.3. The van der Waals surface area contributed by atoms with E-state index in [1.807, 2.05) is 54.6 Å². The van der Waals surface area contributed by atoms with Crippen LogP contribution >= 0.6 is 0 Å². The predicted octanol–water partition coefficient (Wildman–Crippen LogP) is 5.18. The second kappa shape index (κ2) is 10.3. The fourth-order valence-electron chi connectivity index (χ4n) is 3.01. The molecule has 5 nitrogen and oxygen atoms in total. The third kappa shape index (κ3) is 5.70. The normalized spacial score (nSPS) is 10.5. The minimum absolute atomic E-state index is 0.262. The van der Waals surface area contributed by atoms with Gasteiger partial charge in [-0.15, -0.1) is 0 Å². The first-order valence-corrected chi connectivity index (χ1v) is 9.86.